The van der Waals surface area contributed by atoms with Crippen molar-refractivity contribution in [3.8, 4) is 0 Å². The minimum atomic E-state index is -1.64. The van der Waals surface area contributed by atoms with E-state index < -0.39 is 128 Å². The van der Waals surface area contributed by atoms with Gasteiger partial charge >= 0.3 is 24.0 Å². The van der Waals surface area contributed by atoms with Crippen LogP contribution in [0.5, 0.6) is 0 Å². The lowest BCUT2D eigenvalue weighted by molar-refractivity contribution is -0.377. The van der Waals surface area contributed by atoms with Gasteiger partial charge in [0.15, 0.2) is 37.2 Å². The van der Waals surface area contributed by atoms with Crippen LogP contribution in [-0.2, 0) is 86.2 Å². The molecule has 0 spiro atoms. The Bertz CT molecular complexity index is 3200. The quantitative estimate of drug-likeness (QED) is 0.0262. The summed E-state index contributed by atoms with van der Waals surface area (Å²) >= 11 is 0. The Morgan fingerprint density at radius 1 is 0.456 bits per heavy atom. The van der Waals surface area contributed by atoms with Gasteiger partial charge in [0, 0.05) is 13.7 Å². The van der Waals surface area contributed by atoms with Gasteiger partial charge in [0.1, 0.15) is 37.1 Å². The number of methoxy groups -OCH3 is 1. The number of esters is 3. The van der Waals surface area contributed by atoms with Crippen LogP contribution in [-0.4, -0.2) is 153 Å². The summed E-state index contributed by atoms with van der Waals surface area (Å²) in [6.45, 7) is 7.93. The topological polar surface area (TPSA) is 250 Å². The van der Waals surface area contributed by atoms with Crippen LogP contribution in [0, 0.1) is 0 Å². The van der Waals surface area contributed by atoms with E-state index in [0.29, 0.717) is 0 Å². The van der Waals surface area contributed by atoms with Gasteiger partial charge in [-0.2, -0.15) is 0 Å². The Hall–Kier alpha value is -7.93. The molecule has 3 aliphatic heterocycles. The highest BCUT2D eigenvalue weighted by molar-refractivity contribution is 5.90. The summed E-state index contributed by atoms with van der Waals surface area (Å²) in [6, 6.07) is 51.6. The van der Waals surface area contributed by atoms with Crippen LogP contribution in [0.25, 0.3) is 0 Å². The molecule has 21 heteroatoms. The van der Waals surface area contributed by atoms with E-state index in [1.54, 1.807) is 112 Å². The van der Waals surface area contributed by atoms with Crippen molar-refractivity contribution in [2.75, 3.05) is 20.3 Å². The van der Waals surface area contributed by atoms with E-state index in [4.69, 9.17) is 61.6 Å². The van der Waals surface area contributed by atoms with Gasteiger partial charge in [-0.25, -0.2) is 19.2 Å². The Kier molecular flexibility index (Phi) is 23.8. The third-order valence-corrected chi connectivity index (χ3v) is 15.2. The first kappa shape index (κ1) is 66.5. The molecule has 0 unspecified atom stereocenters. The number of carbonyl (C=O) groups is 5. The highest BCUT2D eigenvalue weighted by Gasteiger charge is 2.57. The molecular formula is C69H78N2O19. The lowest BCUT2D eigenvalue weighted by Gasteiger charge is -2.51. The van der Waals surface area contributed by atoms with Crippen molar-refractivity contribution in [2.45, 2.75) is 159 Å². The maximum absolute atomic E-state index is 14.8. The molecule has 90 heavy (non-hydrogen) atoms. The predicted octanol–water partition coefficient (Wildman–Crippen LogP) is 8.44. The third kappa shape index (κ3) is 18.4. The van der Waals surface area contributed by atoms with E-state index in [-0.39, 0.29) is 56.1 Å². The molecule has 3 aliphatic rings. The molecule has 0 bridgehead atoms. The number of benzene rings is 6. The first-order valence-electron chi connectivity index (χ1n) is 30.0. The molecule has 0 radical (unpaired) electrons. The number of hydrogen-bond donors (Lipinski definition) is 3. The Morgan fingerprint density at radius 3 is 1.27 bits per heavy atom. The van der Waals surface area contributed by atoms with Crippen LogP contribution < -0.4 is 10.6 Å². The predicted molar refractivity (Wildman–Crippen MR) is 324 cm³/mol. The molecule has 3 saturated heterocycles. The number of hydrogen-bond acceptors (Lipinski definition) is 19. The Morgan fingerprint density at radius 2 is 0.833 bits per heavy atom. The molecule has 3 heterocycles. The van der Waals surface area contributed by atoms with E-state index in [9.17, 15) is 29.1 Å². The van der Waals surface area contributed by atoms with E-state index >= 15 is 0 Å². The van der Waals surface area contributed by atoms with Crippen molar-refractivity contribution in [2.24, 2.45) is 0 Å². The molecule has 9 rings (SSSR count). The van der Waals surface area contributed by atoms with Crippen molar-refractivity contribution >= 4 is 29.9 Å². The van der Waals surface area contributed by atoms with Crippen LogP contribution in [0.4, 0.5) is 4.79 Å². The molecule has 3 fully saturated rings. The van der Waals surface area contributed by atoms with Gasteiger partial charge < -0.3 is 77.3 Å². The van der Waals surface area contributed by atoms with Gasteiger partial charge in [0.25, 0.3) is 0 Å². The van der Waals surface area contributed by atoms with E-state index in [1.807, 2.05) is 91.0 Å². The van der Waals surface area contributed by atoms with Crippen LogP contribution in [0.15, 0.2) is 182 Å². The van der Waals surface area contributed by atoms with Gasteiger partial charge in [-0.05, 0) is 87.7 Å². The molecule has 0 aliphatic carbocycles. The van der Waals surface area contributed by atoms with Crippen molar-refractivity contribution < 1.29 is 90.7 Å². The Labute approximate surface area is 523 Å². The Balaban J connectivity index is 1.10. The van der Waals surface area contributed by atoms with Gasteiger partial charge in [-0.3, -0.25) is 4.79 Å². The molecule has 2 amide bonds. The molecule has 3 N–H and O–H groups in total. The molecule has 0 aromatic heterocycles. The van der Waals surface area contributed by atoms with Crippen molar-refractivity contribution in [1.29, 1.82) is 0 Å². The third-order valence-electron chi connectivity index (χ3n) is 15.2. The summed E-state index contributed by atoms with van der Waals surface area (Å²) in [5.74, 6) is -2.92. The fraction of sp³-hybridized carbons (Fsp3) is 0.406. The summed E-state index contributed by atoms with van der Waals surface area (Å²) in [4.78, 5) is 70.0. The van der Waals surface area contributed by atoms with Gasteiger partial charge in [-0.1, -0.05) is 146 Å². The average molecular weight is 1240 g/mol. The second-order valence-corrected chi connectivity index (χ2v) is 22.7. The van der Waals surface area contributed by atoms with Crippen LogP contribution >= 0.6 is 0 Å². The summed E-state index contributed by atoms with van der Waals surface area (Å²) in [7, 11) is 1.36. The number of carbonyl (C=O) groups excluding carboxylic acids is 5. The van der Waals surface area contributed by atoms with Crippen molar-refractivity contribution in [1.82, 2.24) is 10.6 Å². The summed E-state index contributed by atoms with van der Waals surface area (Å²) in [5.41, 5.74) is 1.48. The zero-order valence-electron chi connectivity index (χ0n) is 51.0. The van der Waals surface area contributed by atoms with Crippen molar-refractivity contribution in [3.05, 3.63) is 215 Å². The second kappa shape index (κ2) is 32.2. The zero-order chi connectivity index (χ0) is 63.6. The second-order valence-electron chi connectivity index (χ2n) is 22.7. The minimum Gasteiger partial charge on any atom is -0.453 e. The normalized spacial score (nSPS) is 26.7. The lowest BCUT2D eigenvalue weighted by Crippen LogP contribution is -2.68. The lowest BCUT2D eigenvalue weighted by atomic mass is 9.94. The van der Waals surface area contributed by atoms with Gasteiger partial charge in [0.05, 0.1) is 72.9 Å². The highest BCUT2D eigenvalue weighted by atomic mass is 16.8. The molecule has 21 nitrogen and oxygen atoms in total. The summed E-state index contributed by atoms with van der Waals surface area (Å²) in [5, 5.41) is 16.3. The largest absolute Gasteiger partial charge is 0.453 e. The molecule has 478 valence electrons. The first-order valence-corrected chi connectivity index (χ1v) is 30.0. The molecule has 6 aromatic carbocycles. The van der Waals surface area contributed by atoms with E-state index in [0.717, 1.165) is 16.7 Å². The number of ether oxygens (including phenoxy) is 13. The van der Waals surface area contributed by atoms with Gasteiger partial charge in [-0.15, -0.1) is 0 Å². The van der Waals surface area contributed by atoms with E-state index in [1.165, 1.54) is 21.0 Å². The number of rotatable bonds is 26. The molecule has 15 atom stereocenters. The fourth-order valence-corrected chi connectivity index (χ4v) is 10.8. The average Bonchev–Trinajstić information content (AvgIpc) is 0.883. The maximum atomic E-state index is 14.8. The van der Waals surface area contributed by atoms with E-state index in [2.05, 4.69) is 10.6 Å². The number of nitrogens with one attached hydrogen (secondary N) is 2. The molecule has 0 saturated carbocycles. The SMILES string of the molecule is CO[C@H]1[C@H](O[C@@H]2[C@@H](OCc3ccccc3)[C@H](C)O[C@@H](O[C@@H]3[C@@H](OCc4ccccc4)[C@H](C)O[C@@H](OCCNC(=O)OCc4ccccc4)[C@@H]3OC(=O)c3ccccc3)[C@@H]2OC(=O)c2ccccc2)O[C@H](C)[C@@H](NC(=O)CC(C)(C)O)[C@@H]1OC(=O)c1ccccc1. The van der Waals surface area contributed by atoms with Gasteiger partial charge in [0.2, 0.25) is 5.91 Å². The van der Waals surface area contributed by atoms with Crippen LogP contribution in [0.3, 0.4) is 0 Å². The highest BCUT2D eigenvalue weighted by Crippen LogP contribution is 2.39. The monoisotopic (exact) mass is 1240 g/mol. The maximum Gasteiger partial charge on any atom is 0.407 e. The number of aliphatic hydroxyl groups is 1. The minimum absolute atomic E-state index is 0.00914. The van der Waals surface area contributed by atoms with Crippen LogP contribution in [0.1, 0.15) is 88.8 Å². The number of amides is 2. The standard InChI is InChI=1S/C69H78N2O19/c1-43-53(71-52(72)39-69(4,5)77)56(86-62(73)49-31-19-10-20-32-49)59(78-6)66(83-43)89-58-55(81-41-47-27-15-8-16-28-47)45(3)85-67(61(58)88-64(75)51-35-23-12-24-36-51)90-57-54(80-40-46-25-13-7-14-26-46)44(2)84-65(60(57)87-63(74)50-33-21-11-22-34-50)79-38-37-70-68(76)82-42-48-29-17-9-18-30-48/h7-36,43-45,53-61,65-67,77H,37-42H2,1-6H3,(H,70,76)(H,71,72)/t43-,44+,45+,53-,54+,55+,56+,57-,58-,59-,60-,61-,65-,66+,67+/m1/s1. The van der Waals surface area contributed by atoms with Crippen LogP contribution in [0.2, 0.25) is 0 Å². The molecular weight excluding hydrogens is 1160 g/mol. The van der Waals surface area contributed by atoms with Crippen molar-refractivity contribution in [3.63, 3.8) is 0 Å². The summed E-state index contributed by atoms with van der Waals surface area (Å²) in [6.07, 6.45) is -19.2. The molecule has 6 aromatic rings. The summed E-state index contributed by atoms with van der Waals surface area (Å²) < 4.78 is 85.6. The smallest absolute Gasteiger partial charge is 0.407 e. The first-order chi connectivity index (χ1) is 43.5. The zero-order valence-corrected chi connectivity index (χ0v) is 51.0. The number of alkyl carbamates (subject to hydrolysis) is 1. The fourth-order valence-electron chi connectivity index (χ4n) is 10.8.